The van der Waals surface area contributed by atoms with Crippen LogP contribution in [-0.4, -0.2) is 108 Å². The number of rotatable bonds is 11. The number of nitrogens with zero attached hydrogens (tertiary/aromatic N) is 7. The highest BCUT2D eigenvalue weighted by Crippen LogP contribution is 2.43. The van der Waals surface area contributed by atoms with Crippen LogP contribution in [0.25, 0.3) is 11.4 Å². The molecule has 4 fully saturated rings. The van der Waals surface area contributed by atoms with Crippen LogP contribution in [0.1, 0.15) is 151 Å². The van der Waals surface area contributed by atoms with Crippen LogP contribution in [0, 0.1) is 43.4 Å². The fourth-order valence-electron chi connectivity index (χ4n) is 9.06. The predicted molar refractivity (Wildman–Crippen MR) is 260 cm³/mol. The molecular formula is C54H63N9O5. The van der Waals surface area contributed by atoms with Crippen molar-refractivity contribution in [2.24, 2.45) is 5.73 Å². The molecule has 4 aliphatic rings. The molecule has 9 rings (SSSR count). The van der Waals surface area contributed by atoms with Crippen molar-refractivity contribution in [3.05, 3.63) is 140 Å². The van der Waals surface area contributed by atoms with E-state index in [2.05, 4.69) is 33.4 Å². The van der Waals surface area contributed by atoms with Crippen molar-refractivity contribution in [3.63, 3.8) is 0 Å². The van der Waals surface area contributed by atoms with Crippen molar-refractivity contribution < 1.29 is 23.9 Å². The summed E-state index contributed by atoms with van der Waals surface area (Å²) in [6.07, 6.45) is 6.94. The van der Waals surface area contributed by atoms with Gasteiger partial charge in [0.25, 0.3) is 11.8 Å². The number of H-pyrrole nitrogens is 1. The van der Waals surface area contributed by atoms with Gasteiger partial charge in [0.1, 0.15) is 5.82 Å². The third-order valence-electron chi connectivity index (χ3n) is 14.4. The molecule has 5 aromatic rings. The Morgan fingerprint density at radius 1 is 0.691 bits per heavy atom. The smallest absolute Gasteiger partial charge is 0.254 e. The highest BCUT2D eigenvalue weighted by molar-refractivity contribution is 6.01. The first kappa shape index (κ1) is 49.2. The third-order valence-corrected chi connectivity index (χ3v) is 14.4. The first-order valence-electron chi connectivity index (χ1n) is 23.4. The van der Waals surface area contributed by atoms with Crippen molar-refractivity contribution >= 4 is 17.7 Å². The number of benzene rings is 4. The zero-order chi connectivity index (χ0) is 48.9. The molecule has 14 nitrogen and oxygen atoms in total. The Bertz CT molecular complexity index is 2710. The number of aryl methyl sites for hydroxylation is 3. The van der Waals surface area contributed by atoms with E-state index >= 15 is 0 Å². The summed E-state index contributed by atoms with van der Waals surface area (Å²) >= 11 is 0. The fraction of sp³-hybridized carbons (Fsp3) is 0.426. The van der Waals surface area contributed by atoms with E-state index in [0.29, 0.717) is 72.0 Å². The predicted octanol–water partition coefficient (Wildman–Crippen LogP) is 8.45. The molecule has 3 N–H and O–H groups in total. The van der Waals surface area contributed by atoms with Gasteiger partial charge in [0.2, 0.25) is 11.8 Å². The maximum Gasteiger partial charge on any atom is 0.254 e. The quantitative estimate of drug-likeness (QED) is 0.121. The minimum Gasteiger partial charge on any atom is -0.366 e. The van der Waals surface area contributed by atoms with Gasteiger partial charge in [0, 0.05) is 81.4 Å². The van der Waals surface area contributed by atoms with E-state index in [1.165, 1.54) is 36.8 Å². The number of carbonyl (C=O) groups is 3. The maximum atomic E-state index is 13.3. The first-order chi connectivity index (χ1) is 32.6. The van der Waals surface area contributed by atoms with Crippen LogP contribution in [0.15, 0.2) is 72.8 Å². The number of ether oxygens (including phenoxy) is 2. The highest BCUT2D eigenvalue weighted by atomic mass is 16.7. The summed E-state index contributed by atoms with van der Waals surface area (Å²) in [5.74, 6) is 1.93. The molecule has 0 radical (unpaired) electrons. The lowest BCUT2D eigenvalue weighted by atomic mass is 9.77. The summed E-state index contributed by atoms with van der Waals surface area (Å²) in [4.78, 5) is 48.4. The van der Waals surface area contributed by atoms with Crippen LogP contribution in [0.2, 0.25) is 0 Å². The molecule has 4 aromatic carbocycles. The van der Waals surface area contributed by atoms with E-state index < -0.39 is 11.8 Å². The lowest BCUT2D eigenvalue weighted by Crippen LogP contribution is -2.48. The number of methoxy groups -OCH3 is 2. The third kappa shape index (κ3) is 10.5. The lowest BCUT2D eigenvalue weighted by molar-refractivity contribution is -0.270. The molecule has 0 atom stereocenters. The van der Waals surface area contributed by atoms with Gasteiger partial charge in [-0.15, -0.1) is 0 Å². The zero-order valence-electron chi connectivity index (χ0n) is 40.6. The normalized spacial score (nSPS) is 16.1. The molecule has 0 spiro atoms. The number of hydrogen-bond acceptors (Lipinski definition) is 10. The average Bonchev–Trinajstić information content (AvgIpc) is 3.70. The van der Waals surface area contributed by atoms with E-state index in [1.54, 1.807) is 25.2 Å². The second-order valence-electron chi connectivity index (χ2n) is 18.9. The van der Waals surface area contributed by atoms with Gasteiger partial charge in [-0.05, 0) is 142 Å². The number of aromatic amines is 1. The summed E-state index contributed by atoms with van der Waals surface area (Å²) in [7, 11) is 7.02. The monoisotopic (exact) mass is 917 g/mol. The Labute approximate surface area is 400 Å². The molecule has 2 aliphatic heterocycles. The van der Waals surface area contributed by atoms with Gasteiger partial charge in [0.15, 0.2) is 5.82 Å². The van der Waals surface area contributed by atoms with Crippen LogP contribution in [0.4, 0.5) is 0 Å². The molecule has 354 valence electrons. The van der Waals surface area contributed by atoms with Crippen LogP contribution >= 0.6 is 0 Å². The van der Waals surface area contributed by atoms with Crippen molar-refractivity contribution in [2.75, 3.05) is 54.5 Å². The fourth-order valence-corrected chi connectivity index (χ4v) is 9.06. The SMILES string of the molecule is COC(C)(OC)N(C)C.Cc1cc(C2CCC2)c(C(N)=O)cc1C(=O)N1CC(c2ccc(C#N)cc2)C1.Cc1nc(-c2cc(C(=O)N3CC(c4ccc(C#N)cc4)C3)c(C)cc2C2CCC2)n[nH]1. The Morgan fingerprint density at radius 3 is 1.49 bits per heavy atom. The summed E-state index contributed by atoms with van der Waals surface area (Å²) < 4.78 is 10.1. The van der Waals surface area contributed by atoms with Gasteiger partial charge in [-0.3, -0.25) is 24.4 Å². The molecular weight excluding hydrogens is 855 g/mol. The van der Waals surface area contributed by atoms with E-state index in [4.69, 9.17) is 25.7 Å². The highest BCUT2D eigenvalue weighted by Gasteiger charge is 2.36. The Hall–Kier alpha value is -6.71. The maximum absolute atomic E-state index is 13.3. The van der Waals surface area contributed by atoms with Crippen molar-refractivity contribution in [1.29, 1.82) is 10.5 Å². The Balaban J connectivity index is 0.000000172. The van der Waals surface area contributed by atoms with Crippen LogP contribution in [0.3, 0.4) is 0 Å². The number of aromatic nitrogens is 3. The second-order valence-corrected chi connectivity index (χ2v) is 18.9. The minimum atomic E-state index is -0.583. The number of hydrogen-bond donors (Lipinski definition) is 2. The summed E-state index contributed by atoms with van der Waals surface area (Å²) in [6.45, 7) is 10.4. The van der Waals surface area contributed by atoms with E-state index in [-0.39, 0.29) is 17.7 Å². The van der Waals surface area contributed by atoms with Gasteiger partial charge in [0.05, 0.1) is 23.3 Å². The van der Waals surface area contributed by atoms with Crippen molar-refractivity contribution in [3.8, 4) is 23.5 Å². The van der Waals surface area contributed by atoms with Gasteiger partial charge in [-0.2, -0.15) is 15.6 Å². The number of amides is 3. The molecule has 2 aliphatic carbocycles. The molecule has 1 aromatic heterocycles. The van der Waals surface area contributed by atoms with Crippen LogP contribution in [-0.2, 0) is 9.47 Å². The Morgan fingerprint density at radius 2 is 1.13 bits per heavy atom. The van der Waals surface area contributed by atoms with Crippen LogP contribution < -0.4 is 5.73 Å². The molecule has 2 saturated heterocycles. The summed E-state index contributed by atoms with van der Waals surface area (Å²) in [5, 5.41) is 25.2. The van der Waals surface area contributed by atoms with Gasteiger partial charge in [-0.25, -0.2) is 4.98 Å². The van der Waals surface area contributed by atoms with Crippen molar-refractivity contribution in [1.82, 2.24) is 29.9 Å². The van der Waals surface area contributed by atoms with Gasteiger partial charge >= 0.3 is 0 Å². The number of nitrogens with two attached hydrogens (primary N) is 1. The molecule has 14 heteroatoms. The van der Waals surface area contributed by atoms with Crippen LogP contribution in [0.5, 0.6) is 0 Å². The number of carbonyl (C=O) groups excluding carboxylic acids is 3. The molecule has 68 heavy (non-hydrogen) atoms. The summed E-state index contributed by atoms with van der Waals surface area (Å²) in [6, 6.07) is 27.3. The largest absolute Gasteiger partial charge is 0.366 e. The van der Waals surface area contributed by atoms with E-state index in [9.17, 15) is 14.4 Å². The Kier molecular flexibility index (Phi) is 15.2. The van der Waals surface area contributed by atoms with Crippen molar-refractivity contribution in [2.45, 2.75) is 95.8 Å². The standard InChI is InChI=1S/C25H25N5O.C23H23N3O2.C6H15NO2/c1-15-10-22(19-4-3-5-19)23(24-27-16(2)28-29-24)11-21(15)25(31)30-13-20(14-30)18-8-6-17(12-26)7-9-18;1-14-9-20(17-3-2-4-17)21(22(25)27)10-19(14)23(28)26-12-18(13-26)16-7-5-15(11-24)6-8-16;1-6(8-4,9-5)7(2)3/h6-11,19-20H,3-5,13-14H2,1-2H3,(H,27,28,29);5-10,17-18H,2-4,12-13H2,1H3,(H2,25,27);1-5H3. The zero-order valence-corrected chi connectivity index (χ0v) is 40.6. The van der Waals surface area contributed by atoms with E-state index in [1.807, 2.05) is 112 Å². The number of nitrogens with one attached hydrogen (secondary N) is 1. The number of primary amides is 1. The van der Waals surface area contributed by atoms with Gasteiger partial charge in [-0.1, -0.05) is 49.2 Å². The number of nitriles is 2. The van der Waals surface area contributed by atoms with E-state index in [0.717, 1.165) is 52.0 Å². The molecule has 3 heterocycles. The molecule has 0 bridgehead atoms. The summed E-state index contributed by atoms with van der Waals surface area (Å²) in [5.41, 5.74) is 16.2. The molecule has 2 saturated carbocycles. The minimum absolute atomic E-state index is 0.0509. The molecule has 3 amide bonds. The second kappa shape index (κ2) is 21.1. The van der Waals surface area contributed by atoms with Gasteiger partial charge < -0.3 is 25.0 Å². The lowest BCUT2D eigenvalue weighted by Gasteiger charge is -2.40. The average molecular weight is 918 g/mol. The topological polar surface area (TPSA) is 195 Å². The molecule has 0 unspecified atom stereocenters. The first-order valence-corrected chi connectivity index (χ1v) is 23.4. The number of likely N-dealkylation sites (tertiary alicyclic amines) is 2.